The van der Waals surface area contributed by atoms with Gasteiger partial charge in [0.15, 0.2) is 11.4 Å². The van der Waals surface area contributed by atoms with Gasteiger partial charge >= 0.3 is 0 Å². The van der Waals surface area contributed by atoms with Crippen molar-refractivity contribution in [2.75, 3.05) is 0 Å². The highest BCUT2D eigenvalue weighted by atomic mass is 19.3. The molecule has 5 rings (SSSR count). The number of benzene rings is 1. The first kappa shape index (κ1) is 21.4. The molecule has 3 atom stereocenters. The Labute approximate surface area is 182 Å². The fourth-order valence-electron chi connectivity index (χ4n) is 5.13. The second-order valence-electron chi connectivity index (χ2n) is 8.51. The topological polar surface area (TPSA) is 91.6 Å². The number of piperidine rings is 1. The second-order valence-corrected chi connectivity index (χ2v) is 8.51. The first-order valence-corrected chi connectivity index (χ1v) is 10.1. The van der Waals surface area contributed by atoms with Crippen LogP contribution in [0.2, 0.25) is 0 Å². The quantitative estimate of drug-likeness (QED) is 0.675. The summed E-state index contributed by atoms with van der Waals surface area (Å²) in [6, 6.07) is -1.03. The lowest BCUT2D eigenvalue weighted by Crippen LogP contribution is -2.57. The van der Waals surface area contributed by atoms with Crippen molar-refractivity contribution in [3.05, 3.63) is 62.8 Å². The summed E-state index contributed by atoms with van der Waals surface area (Å²) in [6.45, 7) is -0.722. The van der Waals surface area contributed by atoms with E-state index < -0.39 is 87.7 Å². The summed E-state index contributed by atoms with van der Waals surface area (Å²) in [5.74, 6) is -10.2. The third-order valence-corrected chi connectivity index (χ3v) is 6.64. The summed E-state index contributed by atoms with van der Waals surface area (Å²) in [5, 5.41) is 12.5. The molecular weight excluding hydrogens is 453 g/mol. The van der Waals surface area contributed by atoms with Crippen LogP contribution in [-0.2, 0) is 13.1 Å². The fraction of sp³-hybridized carbons (Fsp3) is 0.381. The number of carbonyl (C=O) groups excluding carboxylic acids is 2. The number of amides is 2. The minimum Gasteiger partial charge on any atom is -0.503 e. The van der Waals surface area contributed by atoms with Gasteiger partial charge in [-0.25, -0.2) is 22.0 Å². The van der Waals surface area contributed by atoms with Gasteiger partial charge in [0.25, 0.3) is 17.7 Å². The molecular formula is C21H16F5N3O4. The SMILES string of the molecule is O=C(NCc1c(F)cc(F)cc1F)c1cn2c(c(O)c1=O)C(=O)N1C(C2)C2CC1C(F)(F)C2. The number of nitrogens with one attached hydrogen (secondary N) is 1. The number of nitrogens with zero attached hydrogens (tertiary/aromatic N) is 2. The molecule has 2 amide bonds. The molecule has 1 saturated heterocycles. The van der Waals surface area contributed by atoms with Crippen molar-refractivity contribution in [1.29, 1.82) is 0 Å². The minimum atomic E-state index is -3.06. The average Bonchev–Trinajstić information content (AvgIpc) is 3.23. The highest BCUT2D eigenvalue weighted by Gasteiger charge is 2.63. The fourth-order valence-corrected chi connectivity index (χ4v) is 5.13. The molecule has 0 spiro atoms. The van der Waals surface area contributed by atoms with Crippen molar-refractivity contribution in [3.63, 3.8) is 0 Å². The van der Waals surface area contributed by atoms with E-state index in [1.165, 1.54) is 4.57 Å². The molecule has 2 bridgehead atoms. The molecule has 3 heterocycles. The molecule has 3 aliphatic rings. The third-order valence-electron chi connectivity index (χ3n) is 6.64. The van der Waals surface area contributed by atoms with Crippen LogP contribution in [0.3, 0.4) is 0 Å². The molecule has 2 N–H and O–H groups in total. The summed E-state index contributed by atoms with van der Waals surface area (Å²) in [5.41, 5.74) is -2.97. The smallest absolute Gasteiger partial charge is 0.275 e. The largest absolute Gasteiger partial charge is 0.503 e. The number of carbonyl (C=O) groups is 2. The maximum Gasteiger partial charge on any atom is 0.275 e. The molecule has 7 nitrogen and oxygen atoms in total. The lowest BCUT2D eigenvalue weighted by molar-refractivity contribution is -0.0870. The first-order valence-electron chi connectivity index (χ1n) is 10.1. The Morgan fingerprint density at radius 2 is 1.85 bits per heavy atom. The Morgan fingerprint density at radius 1 is 1.18 bits per heavy atom. The summed E-state index contributed by atoms with van der Waals surface area (Å²) in [6.07, 6.45) is 0.740. The van der Waals surface area contributed by atoms with E-state index in [0.717, 1.165) is 11.1 Å². The third kappa shape index (κ3) is 3.10. The Morgan fingerprint density at radius 3 is 2.52 bits per heavy atom. The Kier molecular flexibility index (Phi) is 4.56. The molecule has 12 heteroatoms. The predicted octanol–water partition coefficient (Wildman–Crippen LogP) is 2.15. The molecule has 1 aliphatic carbocycles. The van der Waals surface area contributed by atoms with E-state index in [1.807, 2.05) is 0 Å². The van der Waals surface area contributed by atoms with Gasteiger partial charge in [-0.2, -0.15) is 0 Å². The molecule has 33 heavy (non-hydrogen) atoms. The summed E-state index contributed by atoms with van der Waals surface area (Å²) in [7, 11) is 0. The van der Waals surface area contributed by atoms with Crippen LogP contribution in [0.25, 0.3) is 0 Å². The number of pyridine rings is 1. The van der Waals surface area contributed by atoms with Crippen LogP contribution in [-0.4, -0.2) is 44.4 Å². The second kappa shape index (κ2) is 7.03. The summed E-state index contributed by atoms with van der Waals surface area (Å²) >= 11 is 0. The molecule has 174 valence electrons. The number of aromatic hydroxyl groups is 1. The van der Waals surface area contributed by atoms with Gasteiger partial charge in [0.2, 0.25) is 5.43 Å². The Bertz CT molecular complexity index is 1250. The number of hydrogen-bond acceptors (Lipinski definition) is 4. The zero-order valence-electron chi connectivity index (χ0n) is 16.7. The van der Waals surface area contributed by atoms with Crippen molar-refractivity contribution >= 4 is 11.8 Å². The lowest BCUT2D eigenvalue weighted by atomic mass is 9.94. The van der Waals surface area contributed by atoms with Gasteiger partial charge < -0.3 is 19.9 Å². The number of alkyl halides is 2. The van der Waals surface area contributed by atoms with E-state index in [2.05, 4.69) is 5.32 Å². The van der Waals surface area contributed by atoms with E-state index >= 15 is 0 Å². The van der Waals surface area contributed by atoms with Gasteiger partial charge in [-0.1, -0.05) is 0 Å². The van der Waals surface area contributed by atoms with Gasteiger partial charge in [0.05, 0.1) is 12.1 Å². The molecule has 3 unspecified atom stereocenters. The van der Waals surface area contributed by atoms with Crippen molar-refractivity contribution in [1.82, 2.24) is 14.8 Å². The van der Waals surface area contributed by atoms with Crippen LogP contribution in [0.15, 0.2) is 23.1 Å². The average molecular weight is 469 g/mol. The van der Waals surface area contributed by atoms with Gasteiger partial charge in [-0.3, -0.25) is 14.4 Å². The Hall–Kier alpha value is -3.44. The van der Waals surface area contributed by atoms with E-state index in [4.69, 9.17) is 0 Å². The molecule has 1 aromatic carbocycles. The van der Waals surface area contributed by atoms with Crippen molar-refractivity contribution in [3.8, 4) is 5.75 Å². The predicted molar refractivity (Wildman–Crippen MR) is 101 cm³/mol. The zero-order chi connectivity index (χ0) is 23.8. The van der Waals surface area contributed by atoms with Crippen molar-refractivity contribution in [2.45, 2.75) is 43.9 Å². The first-order chi connectivity index (χ1) is 15.5. The molecule has 2 aliphatic heterocycles. The zero-order valence-corrected chi connectivity index (χ0v) is 16.7. The number of halogens is 5. The maximum atomic E-state index is 14.2. The van der Waals surface area contributed by atoms with Crippen LogP contribution in [0, 0.1) is 23.4 Å². The molecule has 1 aromatic heterocycles. The Balaban J connectivity index is 1.45. The number of aromatic nitrogens is 1. The molecule has 2 aromatic rings. The van der Waals surface area contributed by atoms with E-state index in [0.29, 0.717) is 12.1 Å². The highest BCUT2D eigenvalue weighted by Crippen LogP contribution is 2.53. The lowest BCUT2D eigenvalue weighted by Gasteiger charge is -2.43. The van der Waals surface area contributed by atoms with Crippen molar-refractivity contribution < 1.29 is 36.6 Å². The van der Waals surface area contributed by atoms with Gasteiger partial charge in [0.1, 0.15) is 23.0 Å². The molecule has 2 fully saturated rings. The van der Waals surface area contributed by atoms with Crippen LogP contribution >= 0.6 is 0 Å². The normalized spacial score (nSPS) is 24.6. The summed E-state index contributed by atoms with van der Waals surface area (Å²) in [4.78, 5) is 39.0. The highest BCUT2D eigenvalue weighted by molar-refractivity contribution is 5.99. The van der Waals surface area contributed by atoms with E-state index in [-0.39, 0.29) is 19.4 Å². The molecule has 0 radical (unpaired) electrons. The van der Waals surface area contributed by atoms with Gasteiger partial charge in [-0.15, -0.1) is 0 Å². The van der Waals surface area contributed by atoms with Crippen molar-refractivity contribution in [2.24, 2.45) is 5.92 Å². The molecule has 1 saturated carbocycles. The van der Waals surface area contributed by atoms with E-state index in [1.54, 1.807) is 0 Å². The summed E-state index contributed by atoms with van der Waals surface area (Å²) < 4.78 is 70.1. The van der Waals surface area contributed by atoms with Crippen LogP contribution in [0.4, 0.5) is 22.0 Å². The maximum absolute atomic E-state index is 14.2. The number of hydrogen-bond donors (Lipinski definition) is 2. The van der Waals surface area contributed by atoms with Crippen LogP contribution in [0.1, 0.15) is 39.3 Å². The van der Waals surface area contributed by atoms with E-state index in [9.17, 15) is 41.4 Å². The van der Waals surface area contributed by atoms with Gasteiger partial charge in [-0.05, 0) is 12.3 Å². The van der Waals surface area contributed by atoms with Crippen LogP contribution < -0.4 is 10.7 Å². The minimum absolute atomic E-state index is 0.00629. The van der Waals surface area contributed by atoms with Gasteiger partial charge in [0, 0.05) is 43.4 Å². The number of fused-ring (bicyclic) bond motifs is 6. The van der Waals surface area contributed by atoms with Crippen LogP contribution in [0.5, 0.6) is 5.75 Å². The monoisotopic (exact) mass is 469 g/mol. The number of rotatable bonds is 3. The standard InChI is InChI=1S/C21H16F5N3O4/c22-9-2-12(23)10(13(24)3-9)5-27-19(32)11-6-28-7-14-8-1-15(21(25,26)4-8)29(14)20(33)16(28)18(31)17(11)30/h2-3,6,8,14-15,31H,1,4-5,7H2,(H,27,32).